The van der Waals surface area contributed by atoms with Gasteiger partial charge in [-0.3, -0.25) is 14.9 Å². The molecule has 0 radical (unpaired) electrons. The van der Waals surface area contributed by atoms with Crippen LogP contribution >= 0.6 is 0 Å². The Hall–Kier alpha value is -3.09. The molecule has 1 aliphatic rings. The van der Waals surface area contributed by atoms with Gasteiger partial charge in [0.25, 0.3) is 11.6 Å². The van der Waals surface area contributed by atoms with Crippen LogP contribution in [0.3, 0.4) is 0 Å². The summed E-state index contributed by atoms with van der Waals surface area (Å²) < 4.78 is 5.25. The van der Waals surface area contributed by atoms with E-state index in [0.29, 0.717) is 18.7 Å². The first-order valence-corrected chi connectivity index (χ1v) is 8.01. The van der Waals surface area contributed by atoms with Gasteiger partial charge in [0.05, 0.1) is 12.0 Å². The average Bonchev–Trinajstić information content (AvgIpc) is 2.67. The Labute approximate surface area is 145 Å². The topological polar surface area (TPSA) is 75.9 Å². The first kappa shape index (κ1) is 16.8. The highest BCUT2D eigenvalue weighted by Gasteiger charge is 2.23. The summed E-state index contributed by atoms with van der Waals surface area (Å²) in [6.45, 7) is 2.66. The lowest BCUT2D eigenvalue weighted by molar-refractivity contribution is -0.384. The summed E-state index contributed by atoms with van der Waals surface area (Å²) in [4.78, 5) is 26.8. The Bertz CT molecular complexity index is 768. The molecule has 1 heterocycles. The zero-order valence-electron chi connectivity index (χ0n) is 13.9. The highest BCUT2D eigenvalue weighted by Crippen LogP contribution is 2.22. The van der Waals surface area contributed by atoms with Gasteiger partial charge in [-0.2, -0.15) is 0 Å². The van der Waals surface area contributed by atoms with E-state index in [1.807, 2.05) is 24.3 Å². The number of hydrogen-bond donors (Lipinski definition) is 0. The normalized spacial score (nSPS) is 14.3. The molecule has 0 unspecified atom stereocenters. The third kappa shape index (κ3) is 3.71. The molecule has 0 atom stereocenters. The number of benzene rings is 2. The minimum absolute atomic E-state index is 0.0144. The van der Waals surface area contributed by atoms with E-state index >= 15 is 0 Å². The standard InChI is InChI=1S/C18H19N3O4/c1-25-17-4-2-3-16(13-17)19-9-11-20(12-10-19)18(22)14-5-7-15(8-6-14)21(23)24/h2-8,13H,9-12H2,1H3. The predicted molar refractivity (Wildman–Crippen MR) is 94.2 cm³/mol. The van der Waals surface area contributed by atoms with E-state index in [4.69, 9.17) is 4.74 Å². The van der Waals surface area contributed by atoms with Gasteiger partial charge in [-0.1, -0.05) is 6.07 Å². The lowest BCUT2D eigenvalue weighted by atomic mass is 10.1. The van der Waals surface area contributed by atoms with Gasteiger partial charge in [-0.25, -0.2) is 0 Å². The van der Waals surface area contributed by atoms with Crippen LogP contribution in [0.1, 0.15) is 10.4 Å². The van der Waals surface area contributed by atoms with Crippen LogP contribution in [0.15, 0.2) is 48.5 Å². The number of methoxy groups -OCH3 is 1. The monoisotopic (exact) mass is 341 g/mol. The Kier molecular flexibility index (Phi) is 4.83. The Morgan fingerprint density at radius 1 is 1.08 bits per heavy atom. The van der Waals surface area contributed by atoms with E-state index in [2.05, 4.69) is 4.90 Å². The number of nitrogens with zero attached hydrogens (tertiary/aromatic N) is 3. The Morgan fingerprint density at radius 2 is 1.76 bits per heavy atom. The zero-order chi connectivity index (χ0) is 17.8. The second-order valence-corrected chi connectivity index (χ2v) is 5.78. The van der Waals surface area contributed by atoms with E-state index in [1.165, 1.54) is 24.3 Å². The SMILES string of the molecule is COc1cccc(N2CCN(C(=O)c3ccc([N+](=O)[O-])cc3)CC2)c1. The molecule has 7 nitrogen and oxygen atoms in total. The van der Waals surface area contributed by atoms with Crippen LogP contribution in [0.4, 0.5) is 11.4 Å². The maximum Gasteiger partial charge on any atom is 0.269 e. The van der Waals surface area contributed by atoms with Gasteiger partial charge in [-0.05, 0) is 24.3 Å². The third-order valence-corrected chi connectivity index (χ3v) is 4.31. The van der Waals surface area contributed by atoms with Crippen molar-refractivity contribution >= 4 is 17.3 Å². The minimum Gasteiger partial charge on any atom is -0.497 e. The number of piperazine rings is 1. The first-order valence-electron chi connectivity index (χ1n) is 8.01. The van der Waals surface area contributed by atoms with Crippen LogP contribution in [0.5, 0.6) is 5.75 Å². The predicted octanol–water partition coefficient (Wildman–Crippen LogP) is 2.57. The summed E-state index contributed by atoms with van der Waals surface area (Å²) >= 11 is 0. The van der Waals surface area contributed by atoms with Crippen LogP contribution in [0, 0.1) is 10.1 Å². The number of carbonyl (C=O) groups is 1. The van der Waals surface area contributed by atoms with Gasteiger partial charge in [0.2, 0.25) is 0 Å². The van der Waals surface area contributed by atoms with Crippen LogP contribution in [0.2, 0.25) is 0 Å². The van der Waals surface area contributed by atoms with Gasteiger partial charge in [-0.15, -0.1) is 0 Å². The maximum absolute atomic E-state index is 12.5. The molecule has 1 amide bonds. The Balaban J connectivity index is 1.63. The second-order valence-electron chi connectivity index (χ2n) is 5.78. The molecule has 0 N–H and O–H groups in total. The summed E-state index contributed by atoms with van der Waals surface area (Å²) in [6, 6.07) is 13.6. The van der Waals surface area contributed by atoms with E-state index in [-0.39, 0.29) is 11.6 Å². The molecule has 0 spiro atoms. The molecule has 0 aliphatic carbocycles. The number of anilines is 1. The first-order chi connectivity index (χ1) is 12.1. The molecular weight excluding hydrogens is 322 g/mol. The fourth-order valence-electron chi connectivity index (χ4n) is 2.88. The summed E-state index contributed by atoms with van der Waals surface area (Å²) in [7, 11) is 1.64. The molecular formula is C18H19N3O4. The zero-order valence-corrected chi connectivity index (χ0v) is 13.9. The molecule has 0 bridgehead atoms. The summed E-state index contributed by atoms with van der Waals surface area (Å²) in [5, 5.41) is 10.7. The highest BCUT2D eigenvalue weighted by molar-refractivity contribution is 5.94. The smallest absolute Gasteiger partial charge is 0.269 e. The number of carbonyl (C=O) groups excluding carboxylic acids is 1. The number of rotatable bonds is 4. The molecule has 25 heavy (non-hydrogen) atoms. The molecule has 0 aromatic heterocycles. The van der Waals surface area contributed by atoms with Crippen molar-refractivity contribution in [3.8, 4) is 5.75 Å². The molecule has 1 saturated heterocycles. The highest BCUT2D eigenvalue weighted by atomic mass is 16.6. The van der Waals surface area contributed by atoms with Crippen molar-refractivity contribution in [2.75, 3.05) is 38.2 Å². The van der Waals surface area contributed by atoms with E-state index in [1.54, 1.807) is 12.0 Å². The van der Waals surface area contributed by atoms with Crippen molar-refractivity contribution in [3.63, 3.8) is 0 Å². The molecule has 130 valence electrons. The van der Waals surface area contributed by atoms with Gasteiger partial charge in [0.15, 0.2) is 0 Å². The lowest BCUT2D eigenvalue weighted by Gasteiger charge is -2.36. The molecule has 1 aliphatic heterocycles. The van der Waals surface area contributed by atoms with Crippen molar-refractivity contribution in [1.82, 2.24) is 4.90 Å². The van der Waals surface area contributed by atoms with E-state index in [0.717, 1.165) is 24.5 Å². The van der Waals surface area contributed by atoms with Crippen molar-refractivity contribution in [2.24, 2.45) is 0 Å². The summed E-state index contributed by atoms with van der Waals surface area (Å²) in [6.07, 6.45) is 0. The summed E-state index contributed by atoms with van der Waals surface area (Å²) in [5.41, 5.74) is 1.53. The lowest BCUT2D eigenvalue weighted by Crippen LogP contribution is -2.48. The third-order valence-electron chi connectivity index (χ3n) is 4.31. The largest absolute Gasteiger partial charge is 0.497 e. The van der Waals surface area contributed by atoms with Crippen molar-refractivity contribution < 1.29 is 14.5 Å². The molecule has 0 saturated carbocycles. The molecule has 2 aromatic carbocycles. The van der Waals surface area contributed by atoms with Gasteiger partial charge >= 0.3 is 0 Å². The fraction of sp³-hybridized carbons (Fsp3) is 0.278. The Morgan fingerprint density at radius 3 is 2.36 bits per heavy atom. The van der Waals surface area contributed by atoms with Gasteiger partial charge in [0.1, 0.15) is 5.75 Å². The summed E-state index contributed by atoms with van der Waals surface area (Å²) in [5.74, 6) is 0.710. The van der Waals surface area contributed by atoms with Crippen molar-refractivity contribution in [2.45, 2.75) is 0 Å². The number of amides is 1. The number of ether oxygens (including phenoxy) is 1. The molecule has 7 heteroatoms. The second kappa shape index (κ2) is 7.21. The minimum atomic E-state index is -0.471. The van der Waals surface area contributed by atoms with E-state index in [9.17, 15) is 14.9 Å². The van der Waals surface area contributed by atoms with Crippen LogP contribution in [-0.2, 0) is 0 Å². The van der Waals surface area contributed by atoms with Crippen molar-refractivity contribution in [1.29, 1.82) is 0 Å². The van der Waals surface area contributed by atoms with Crippen LogP contribution in [-0.4, -0.2) is 49.0 Å². The van der Waals surface area contributed by atoms with E-state index < -0.39 is 4.92 Å². The quantitative estimate of drug-likeness (QED) is 0.631. The molecule has 2 aromatic rings. The average molecular weight is 341 g/mol. The number of non-ortho nitro benzene ring substituents is 1. The van der Waals surface area contributed by atoms with Crippen molar-refractivity contribution in [3.05, 3.63) is 64.2 Å². The van der Waals surface area contributed by atoms with Gasteiger partial charge in [0, 0.05) is 55.6 Å². The number of hydrogen-bond acceptors (Lipinski definition) is 5. The fourth-order valence-corrected chi connectivity index (χ4v) is 2.88. The number of nitro benzene ring substituents is 1. The molecule has 3 rings (SSSR count). The maximum atomic E-state index is 12.5. The van der Waals surface area contributed by atoms with Gasteiger partial charge < -0.3 is 14.5 Å². The van der Waals surface area contributed by atoms with Crippen LogP contribution in [0.25, 0.3) is 0 Å². The molecule has 1 fully saturated rings. The number of nitro groups is 1. The van der Waals surface area contributed by atoms with Crippen LogP contribution < -0.4 is 9.64 Å².